The molecule has 1 aliphatic heterocycles. The molecule has 4 heterocycles. The molecule has 2 aliphatic rings. The Morgan fingerprint density at radius 2 is 1.03 bits per heavy atom. The van der Waals surface area contributed by atoms with Crippen LogP contribution < -0.4 is 4.74 Å². The van der Waals surface area contributed by atoms with E-state index in [9.17, 15) is 0 Å². The summed E-state index contributed by atoms with van der Waals surface area (Å²) in [5.41, 5.74) is 15.8. The van der Waals surface area contributed by atoms with Gasteiger partial charge in [-0.3, -0.25) is 0 Å². The Labute approximate surface area is 373 Å². The molecule has 0 spiro atoms. The van der Waals surface area contributed by atoms with Crippen LogP contribution in [0, 0.1) is 0 Å². The molecule has 0 fully saturated rings. The molecular formula is C60H38N2OS. The number of benzene rings is 9. The van der Waals surface area contributed by atoms with Crippen LogP contribution in [0.15, 0.2) is 218 Å². The number of hydrogen-bond acceptors (Lipinski definition) is 2. The molecule has 64 heavy (non-hydrogen) atoms. The normalized spacial score (nSPS) is 15.7. The van der Waals surface area contributed by atoms with Crippen LogP contribution in [0.1, 0.15) is 17.0 Å². The number of para-hydroxylation sites is 3. The summed E-state index contributed by atoms with van der Waals surface area (Å²) in [7, 11) is 0. The van der Waals surface area contributed by atoms with Crippen molar-refractivity contribution in [2.24, 2.45) is 0 Å². The van der Waals surface area contributed by atoms with Crippen molar-refractivity contribution < 1.29 is 4.74 Å². The van der Waals surface area contributed by atoms with Crippen molar-refractivity contribution in [1.82, 2.24) is 9.13 Å². The first kappa shape index (κ1) is 35.7. The highest BCUT2D eigenvalue weighted by molar-refractivity contribution is 7.26. The third kappa shape index (κ3) is 5.33. The van der Waals surface area contributed by atoms with Gasteiger partial charge < -0.3 is 13.9 Å². The van der Waals surface area contributed by atoms with Crippen LogP contribution in [0.5, 0.6) is 5.75 Å². The highest BCUT2D eigenvalue weighted by Crippen LogP contribution is 2.47. The summed E-state index contributed by atoms with van der Waals surface area (Å²) < 4.78 is 14.0. The van der Waals surface area contributed by atoms with Gasteiger partial charge in [-0.05, 0) is 112 Å². The van der Waals surface area contributed by atoms with Gasteiger partial charge in [-0.1, -0.05) is 140 Å². The minimum absolute atomic E-state index is 0.0243. The zero-order valence-corrected chi connectivity index (χ0v) is 35.5. The summed E-state index contributed by atoms with van der Waals surface area (Å²) >= 11 is 1.89. The lowest BCUT2D eigenvalue weighted by atomic mass is 9.86. The Kier molecular flexibility index (Phi) is 7.68. The van der Waals surface area contributed by atoms with E-state index < -0.39 is 0 Å². The van der Waals surface area contributed by atoms with Gasteiger partial charge in [-0.15, -0.1) is 11.3 Å². The van der Waals surface area contributed by atoms with Crippen LogP contribution in [0.2, 0.25) is 0 Å². The van der Waals surface area contributed by atoms with Gasteiger partial charge in [-0.25, -0.2) is 0 Å². The fourth-order valence-electron chi connectivity index (χ4n) is 10.7. The second kappa shape index (κ2) is 13.8. The highest BCUT2D eigenvalue weighted by atomic mass is 32.1. The first-order valence-corrected chi connectivity index (χ1v) is 22.9. The maximum absolute atomic E-state index is 6.56. The summed E-state index contributed by atoms with van der Waals surface area (Å²) in [6.45, 7) is 0. The van der Waals surface area contributed by atoms with Gasteiger partial charge in [0.2, 0.25) is 0 Å². The minimum atomic E-state index is -0.0243. The van der Waals surface area contributed by atoms with Gasteiger partial charge in [-0.2, -0.15) is 0 Å². The van der Waals surface area contributed by atoms with Crippen LogP contribution in [0.3, 0.4) is 0 Å². The Morgan fingerprint density at radius 3 is 1.84 bits per heavy atom. The van der Waals surface area contributed by atoms with Crippen LogP contribution in [0.4, 0.5) is 0 Å². The molecule has 0 bridgehead atoms. The monoisotopic (exact) mass is 834 g/mol. The van der Waals surface area contributed by atoms with Gasteiger partial charge in [0, 0.05) is 54.2 Å². The van der Waals surface area contributed by atoms with Gasteiger partial charge in [0.15, 0.2) is 0 Å². The first-order valence-electron chi connectivity index (χ1n) is 22.1. The van der Waals surface area contributed by atoms with Crippen molar-refractivity contribution in [3.8, 4) is 39.4 Å². The predicted molar refractivity (Wildman–Crippen MR) is 270 cm³/mol. The maximum Gasteiger partial charge on any atom is 0.128 e. The SMILES string of the molecule is C1=CC2Oc3ccc(-n4c5ccccc5c5ccccc54)cc3C2C=C1c1cccc(-c2ccc3sc4c(-n5c6ccccc6c6cc(-c7ccccc7)ccc65)cccc4c3c2)c1. The smallest absolute Gasteiger partial charge is 0.128 e. The summed E-state index contributed by atoms with van der Waals surface area (Å²) in [4.78, 5) is 0. The molecule has 3 aromatic heterocycles. The van der Waals surface area contributed by atoms with E-state index in [0.717, 1.165) is 11.4 Å². The maximum atomic E-state index is 6.56. The Hall–Kier alpha value is -7.92. The highest BCUT2D eigenvalue weighted by Gasteiger charge is 2.34. The fraction of sp³-hybridized carbons (Fsp3) is 0.0333. The van der Waals surface area contributed by atoms with E-state index >= 15 is 0 Å². The molecule has 0 saturated heterocycles. The van der Waals surface area contributed by atoms with E-state index in [1.165, 1.54) is 108 Å². The van der Waals surface area contributed by atoms with Crippen molar-refractivity contribution >= 4 is 80.7 Å². The standard InChI is InChI=1S/C60H38N2OS/c1-2-12-37(13-3-1)40-24-28-55-48(33-40)46-18-6-9-22-54(46)62(55)56-23-11-19-47-51-35-42(26-31-59(51)64-60(47)56)39-15-10-14-38(32-39)41-25-29-57-49(34-41)50-36-43(27-30-58(50)63-57)61-52-20-7-4-16-44(52)45-17-5-8-21-53(45)61/h1-36,49,57H. The van der Waals surface area contributed by atoms with Gasteiger partial charge in [0.25, 0.3) is 0 Å². The summed E-state index contributed by atoms with van der Waals surface area (Å²) in [5, 5.41) is 7.64. The van der Waals surface area contributed by atoms with E-state index in [1.807, 2.05) is 11.3 Å². The molecule has 14 rings (SSSR count). The molecule has 300 valence electrons. The Balaban J connectivity index is 0.829. The zero-order valence-electron chi connectivity index (χ0n) is 34.7. The second-order valence-corrected chi connectivity index (χ2v) is 18.2. The van der Waals surface area contributed by atoms with Crippen LogP contribution in [-0.2, 0) is 0 Å². The van der Waals surface area contributed by atoms with E-state index in [2.05, 4.69) is 228 Å². The molecule has 2 atom stereocenters. The largest absolute Gasteiger partial charge is 0.485 e. The number of fused-ring (bicyclic) bond motifs is 12. The summed E-state index contributed by atoms with van der Waals surface area (Å²) in [5.74, 6) is 1.08. The number of thiophene rings is 1. The van der Waals surface area contributed by atoms with Crippen molar-refractivity contribution in [3.63, 3.8) is 0 Å². The number of hydrogen-bond donors (Lipinski definition) is 0. The predicted octanol–water partition coefficient (Wildman–Crippen LogP) is 16.1. The van der Waals surface area contributed by atoms with Crippen molar-refractivity contribution in [2.45, 2.75) is 12.0 Å². The van der Waals surface area contributed by atoms with Crippen molar-refractivity contribution in [3.05, 3.63) is 230 Å². The lowest BCUT2D eigenvalue weighted by molar-refractivity contribution is 0.269. The molecule has 0 amide bonds. The number of nitrogens with zero attached hydrogens (tertiary/aromatic N) is 2. The third-order valence-electron chi connectivity index (χ3n) is 13.7. The van der Waals surface area contributed by atoms with E-state index in [0.29, 0.717) is 0 Å². The topological polar surface area (TPSA) is 19.1 Å². The lowest BCUT2D eigenvalue weighted by Crippen LogP contribution is -2.17. The summed E-state index contributed by atoms with van der Waals surface area (Å²) in [6.07, 6.45) is 6.88. The van der Waals surface area contributed by atoms with Crippen LogP contribution >= 0.6 is 11.3 Å². The van der Waals surface area contributed by atoms with Gasteiger partial charge >= 0.3 is 0 Å². The average Bonchev–Trinajstić information content (AvgIpc) is 4.11. The van der Waals surface area contributed by atoms with Crippen molar-refractivity contribution in [1.29, 1.82) is 0 Å². The molecule has 0 radical (unpaired) electrons. The molecule has 0 saturated carbocycles. The van der Waals surface area contributed by atoms with Gasteiger partial charge in [0.1, 0.15) is 11.9 Å². The molecular weight excluding hydrogens is 797 g/mol. The van der Waals surface area contributed by atoms with E-state index in [-0.39, 0.29) is 12.0 Å². The van der Waals surface area contributed by atoms with Crippen molar-refractivity contribution in [2.75, 3.05) is 0 Å². The van der Waals surface area contributed by atoms with E-state index in [1.54, 1.807) is 0 Å². The molecule has 3 nitrogen and oxygen atoms in total. The average molecular weight is 835 g/mol. The summed E-state index contributed by atoms with van der Waals surface area (Å²) in [6, 6.07) is 73.4. The molecule has 0 N–H and O–H groups in total. The molecule has 12 aromatic rings. The number of ether oxygens (including phenoxy) is 1. The van der Waals surface area contributed by atoms with Crippen LogP contribution in [0.25, 0.3) is 103 Å². The lowest BCUT2D eigenvalue weighted by Gasteiger charge is -2.19. The third-order valence-corrected chi connectivity index (χ3v) is 14.9. The Morgan fingerprint density at radius 1 is 0.422 bits per heavy atom. The fourth-order valence-corrected chi connectivity index (χ4v) is 11.9. The van der Waals surface area contributed by atoms with Gasteiger partial charge in [0.05, 0.1) is 32.5 Å². The van der Waals surface area contributed by atoms with Crippen LogP contribution in [-0.4, -0.2) is 15.2 Å². The number of rotatable bonds is 5. The molecule has 9 aromatic carbocycles. The molecule has 2 unspecified atom stereocenters. The van der Waals surface area contributed by atoms with E-state index in [4.69, 9.17) is 4.74 Å². The number of aromatic nitrogens is 2. The molecule has 4 heteroatoms. The number of allylic oxidation sites excluding steroid dienone is 2. The quantitative estimate of drug-likeness (QED) is 0.169. The Bertz CT molecular complexity index is 3900. The minimum Gasteiger partial charge on any atom is -0.485 e. The first-order chi connectivity index (χ1) is 31.7. The molecule has 1 aliphatic carbocycles. The zero-order chi connectivity index (χ0) is 41.9. The second-order valence-electron chi connectivity index (χ2n) is 17.2.